The maximum atomic E-state index is 12.9. The van der Waals surface area contributed by atoms with E-state index in [2.05, 4.69) is 10.5 Å². The van der Waals surface area contributed by atoms with Gasteiger partial charge in [-0.2, -0.15) is 5.10 Å². The van der Waals surface area contributed by atoms with E-state index in [0.29, 0.717) is 28.6 Å². The minimum absolute atomic E-state index is 0.192. The summed E-state index contributed by atoms with van der Waals surface area (Å²) in [6, 6.07) is 21.7. The zero-order valence-corrected chi connectivity index (χ0v) is 22.0. The van der Waals surface area contributed by atoms with Gasteiger partial charge < -0.3 is 23.7 Å². The summed E-state index contributed by atoms with van der Waals surface area (Å²) >= 11 is 0. The predicted molar refractivity (Wildman–Crippen MR) is 147 cm³/mol. The number of hydrazone groups is 1. The number of fused-ring (bicyclic) bond motifs is 1. The molecule has 1 N–H and O–H groups in total. The van der Waals surface area contributed by atoms with E-state index in [1.807, 2.05) is 42.5 Å². The van der Waals surface area contributed by atoms with Crippen LogP contribution in [0.5, 0.6) is 28.7 Å². The van der Waals surface area contributed by atoms with Crippen LogP contribution in [0.3, 0.4) is 0 Å². The van der Waals surface area contributed by atoms with Gasteiger partial charge in [-0.25, -0.2) is 10.2 Å². The Kier molecular flexibility index (Phi) is 8.63. The molecular formula is C30H28N2O7. The van der Waals surface area contributed by atoms with E-state index in [0.717, 1.165) is 16.3 Å². The number of methoxy groups -OCH3 is 4. The largest absolute Gasteiger partial charge is 0.493 e. The van der Waals surface area contributed by atoms with Crippen molar-refractivity contribution in [3.05, 3.63) is 89.5 Å². The van der Waals surface area contributed by atoms with Crippen LogP contribution in [0.4, 0.5) is 0 Å². The van der Waals surface area contributed by atoms with Crippen LogP contribution in [0.1, 0.15) is 21.5 Å². The lowest BCUT2D eigenvalue weighted by Crippen LogP contribution is -2.19. The third-order valence-corrected chi connectivity index (χ3v) is 5.92. The monoisotopic (exact) mass is 528 g/mol. The van der Waals surface area contributed by atoms with Crippen LogP contribution in [0.25, 0.3) is 10.8 Å². The summed E-state index contributed by atoms with van der Waals surface area (Å²) in [5, 5.41) is 6.16. The molecule has 1 amide bonds. The molecule has 9 heteroatoms. The maximum absolute atomic E-state index is 12.9. The predicted octanol–water partition coefficient (Wildman–Crippen LogP) is 4.79. The summed E-state index contributed by atoms with van der Waals surface area (Å²) in [7, 11) is 5.85. The first kappa shape index (κ1) is 27.0. The number of carbonyl (C=O) groups excluding carboxylic acids is 2. The molecule has 0 aliphatic carbocycles. The maximum Gasteiger partial charge on any atom is 0.343 e. The Labute approximate surface area is 225 Å². The summed E-state index contributed by atoms with van der Waals surface area (Å²) < 4.78 is 26.9. The number of rotatable bonds is 10. The van der Waals surface area contributed by atoms with Gasteiger partial charge in [0.25, 0.3) is 0 Å². The van der Waals surface area contributed by atoms with Crippen molar-refractivity contribution in [1.82, 2.24) is 5.43 Å². The first-order valence-corrected chi connectivity index (χ1v) is 12.0. The van der Waals surface area contributed by atoms with Crippen molar-refractivity contribution < 1.29 is 33.3 Å². The summed E-state index contributed by atoms with van der Waals surface area (Å²) in [4.78, 5) is 25.4. The number of nitrogens with zero attached hydrogens (tertiary/aromatic N) is 1. The van der Waals surface area contributed by atoms with Crippen LogP contribution in [0, 0.1) is 0 Å². The quantitative estimate of drug-likeness (QED) is 0.137. The topological polar surface area (TPSA) is 105 Å². The van der Waals surface area contributed by atoms with E-state index in [1.54, 1.807) is 18.2 Å². The molecule has 0 radical (unpaired) electrons. The van der Waals surface area contributed by atoms with Crippen molar-refractivity contribution in [2.24, 2.45) is 5.10 Å². The molecule has 4 rings (SSSR count). The minimum atomic E-state index is -0.644. The molecule has 0 aromatic heterocycles. The Morgan fingerprint density at radius 2 is 1.46 bits per heavy atom. The van der Waals surface area contributed by atoms with Crippen LogP contribution in [-0.2, 0) is 11.2 Å². The number of carbonyl (C=O) groups is 2. The zero-order valence-electron chi connectivity index (χ0n) is 22.0. The van der Waals surface area contributed by atoms with Crippen molar-refractivity contribution in [1.29, 1.82) is 0 Å². The fraction of sp³-hybridized carbons (Fsp3) is 0.167. The first-order chi connectivity index (χ1) is 19.0. The minimum Gasteiger partial charge on any atom is -0.493 e. The molecule has 9 nitrogen and oxygen atoms in total. The molecule has 0 saturated heterocycles. The molecule has 0 aliphatic heterocycles. The average Bonchev–Trinajstić information content (AvgIpc) is 2.97. The van der Waals surface area contributed by atoms with Crippen LogP contribution in [0.15, 0.2) is 77.9 Å². The smallest absolute Gasteiger partial charge is 0.343 e. The molecule has 0 bridgehead atoms. The molecule has 0 unspecified atom stereocenters. The normalized spacial score (nSPS) is 10.8. The van der Waals surface area contributed by atoms with E-state index in [1.165, 1.54) is 46.8 Å². The van der Waals surface area contributed by atoms with Crippen LogP contribution in [0.2, 0.25) is 0 Å². The van der Waals surface area contributed by atoms with Crippen LogP contribution >= 0.6 is 0 Å². The lowest BCUT2D eigenvalue weighted by molar-refractivity contribution is -0.120. The standard InChI is InChI=1S/C30H28N2O7/c1-35-25-14-19(18-31-32-28(33)17-21-10-7-9-20-8-5-6-11-23(20)21)12-13-24(25)39-30(34)22-15-26(36-2)29(38-4)27(16-22)37-3/h5-16,18H,17H2,1-4H3,(H,32,33)/b31-18+. The molecule has 4 aromatic carbocycles. The SMILES string of the molecule is COc1cc(/C=N/NC(=O)Cc2cccc3ccccc23)ccc1OC(=O)c1cc(OC)c(OC)c(OC)c1. The molecule has 39 heavy (non-hydrogen) atoms. The van der Waals surface area contributed by atoms with E-state index in [-0.39, 0.29) is 23.6 Å². The highest BCUT2D eigenvalue weighted by Crippen LogP contribution is 2.38. The average molecular weight is 529 g/mol. The molecule has 0 fully saturated rings. The Bertz CT molecular complexity index is 1500. The molecule has 0 aliphatic rings. The zero-order chi connectivity index (χ0) is 27.8. The second-order valence-corrected chi connectivity index (χ2v) is 8.32. The Morgan fingerprint density at radius 3 is 2.15 bits per heavy atom. The van der Waals surface area contributed by atoms with Gasteiger partial charge >= 0.3 is 5.97 Å². The number of hydrogen-bond acceptors (Lipinski definition) is 8. The van der Waals surface area contributed by atoms with Gasteiger partial charge in [0.15, 0.2) is 23.0 Å². The molecule has 0 saturated carbocycles. The van der Waals surface area contributed by atoms with E-state index >= 15 is 0 Å². The van der Waals surface area contributed by atoms with Crippen LogP contribution < -0.4 is 29.1 Å². The van der Waals surface area contributed by atoms with E-state index < -0.39 is 5.97 Å². The first-order valence-electron chi connectivity index (χ1n) is 12.0. The van der Waals surface area contributed by atoms with Crippen molar-refractivity contribution in [2.75, 3.05) is 28.4 Å². The Morgan fingerprint density at radius 1 is 0.769 bits per heavy atom. The molecule has 0 spiro atoms. The highest BCUT2D eigenvalue weighted by atomic mass is 16.6. The third kappa shape index (κ3) is 6.27. The Hall–Kier alpha value is -5.05. The van der Waals surface area contributed by atoms with Crippen molar-refractivity contribution in [3.63, 3.8) is 0 Å². The summed E-state index contributed by atoms with van der Waals surface area (Å²) in [6.07, 6.45) is 1.67. The van der Waals surface area contributed by atoms with Gasteiger partial charge in [0.05, 0.1) is 46.6 Å². The van der Waals surface area contributed by atoms with Crippen molar-refractivity contribution in [3.8, 4) is 28.7 Å². The number of benzene rings is 4. The van der Waals surface area contributed by atoms with Gasteiger partial charge in [-0.05, 0) is 52.2 Å². The van der Waals surface area contributed by atoms with Gasteiger partial charge in [-0.3, -0.25) is 4.79 Å². The lowest BCUT2D eigenvalue weighted by atomic mass is 10.0. The fourth-order valence-electron chi connectivity index (χ4n) is 4.04. The third-order valence-electron chi connectivity index (χ3n) is 5.92. The van der Waals surface area contributed by atoms with Gasteiger partial charge in [-0.15, -0.1) is 0 Å². The summed E-state index contributed by atoms with van der Waals surface area (Å²) in [6.45, 7) is 0. The summed E-state index contributed by atoms with van der Waals surface area (Å²) in [5.41, 5.74) is 4.30. The van der Waals surface area contributed by atoms with Crippen molar-refractivity contribution in [2.45, 2.75) is 6.42 Å². The van der Waals surface area contributed by atoms with Crippen LogP contribution in [-0.4, -0.2) is 46.5 Å². The number of amides is 1. The fourth-order valence-corrected chi connectivity index (χ4v) is 4.04. The molecule has 200 valence electrons. The van der Waals surface area contributed by atoms with Gasteiger partial charge in [0.2, 0.25) is 11.7 Å². The van der Waals surface area contributed by atoms with Gasteiger partial charge in [-0.1, -0.05) is 42.5 Å². The lowest BCUT2D eigenvalue weighted by Gasteiger charge is -2.14. The highest BCUT2D eigenvalue weighted by molar-refractivity contribution is 5.93. The second-order valence-electron chi connectivity index (χ2n) is 8.32. The number of ether oxygens (including phenoxy) is 5. The van der Waals surface area contributed by atoms with Gasteiger partial charge in [0, 0.05) is 0 Å². The van der Waals surface area contributed by atoms with Crippen molar-refractivity contribution >= 4 is 28.9 Å². The molecular weight excluding hydrogens is 500 g/mol. The van der Waals surface area contributed by atoms with E-state index in [4.69, 9.17) is 23.7 Å². The Balaban J connectivity index is 1.43. The summed E-state index contributed by atoms with van der Waals surface area (Å²) in [5.74, 6) is 0.631. The highest BCUT2D eigenvalue weighted by Gasteiger charge is 2.19. The molecule has 4 aromatic rings. The molecule has 0 atom stereocenters. The molecule has 0 heterocycles. The number of hydrogen-bond donors (Lipinski definition) is 1. The van der Waals surface area contributed by atoms with E-state index in [9.17, 15) is 9.59 Å². The number of esters is 1. The van der Waals surface area contributed by atoms with Gasteiger partial charge in [0.1, 0.15) is 0 Å². The second kappa shape index (κ2) is 12.5. The number of nitrogens with one attached hydrogen (secondary N) is 1.